The van der Waals surface area contributed by atoms with Crippen LogP contribution in [-0.2, 0) is 20.0 Å². The van der Waals surface area contributed by atoms with Crippen molar-refractivity contribution in [3.05, 3.63) is 48.3 Å². The molecule has 144 valence electrons. The molecule has 1 N–H and O–H groups in total. The number of fused-ring (bicyclic) bond motifs is 1. The molecule has 0 amide bonds. The number of aryl methyl sites for hydroxylation is 2. The number of aromatic carboxylic acids is 1. The van der Waals surface area contributed by atoms with E-state index < -0.39 is 17.2 Å². The van der Waals surface area contributed by atoms with Crippen LogP contribution in [0.5, 0.6) is 0 Å². The molecule has 3 heterocycles. The van der Waals surface area contributed by atoms with Gasteiger partial charge < -0.3 is 9.63 Å². The van der Waals surface area contributed by atoms with E-state index in [4.69, 9.17) is 4.52 Å². The highest BCUT2D eigenvalue weighted by Gasteiger charge is 2.26. The molecule has 0 bridgehead atoms. The Morgan fingerprint density at radius 2 is 1.96 bits per heavy atom. The molecule has 9 heteroatoms. The van der Waals surface area contributed by atoms with Crippen molar-refractivity contribution in [1.82, 2.24) is 14.3 Å². The average Bonchev–Trinajstić information content (AvgIpc) is 3.12. The molecule has 0 aliphatic heterocycles. The second-order valence-electron chi connectivity index (χ2n) is 7.02. The molecular formula is C18H21N3O5S. The number of aromatic nitrogens is 3. The highest BCUT2D eigenvalue weighted by molar-refractivity contribution is 7.19. The lowest BCUT2D eigenvalue weighted by Crippen LogP contribution is -2.38. The predicted octanol–water partition coefficient (Wildman–Crippen LogP) is 2.31. The van der Waals surface area contributed by atoms with Gasteiger partial charge in [0.15, 0.2) is 0 Å². The van der Waals surface area contributed by atoms with Gasteiger partial charge in [0.25, 0.3) is 5.56 Å². The summed E-state index contributed by atoms with van der Waals surface area (Å²) >= 11 is 1.17. The summed E-state index contributed by atoms with van der Waals surface area (Å²) in [6, 6.07) is 0. The standard InChI is InChI=1S/C18H21N3O5S/c1-8(2)7-21-16-14(15(22)20(5)18(21)25)13(17(23)24)12(27-16)6-11-9(3)19-26-10(11)4/h8H,6-7H2,1-5H3,(H,23,24). The van der Waals surface area contributed by atoms with E-state index >= 15 is 0 Å². The number of hydrogen-bond acceptors (Lipinski definition) is 6. The van der Waals surface area contributed by atoms with Crippen molar-refractivity contribution in [2.75, 3.05) is 0 Å². The van der Waals surface area contributed by atoms with E-state index in [9.17, 15) is 19.5 Å². The summed E-state index contributed by atoms with van der Waals surface area (Å²) in [7, 11) is 1.37. The number of carboxylic acid groups (broad SMARTS) is 1. The van der Waals surface area contributed by atoms with Crippen molar-refractivity contribution >= 4 is 27.5 Å². The quantitative estimate of drug-likeness (QED) is 0.715. The SMILES string of the molecule is Cc1noc(C)c1Cc1sc2c(c1C(=O)O)c(=O)n(C)c(=O)n2CC(C)C. The fourth-order valence-electron chi connectivity index (χ4n) is 3.17. The Morgan fingerprint density at radius 1 is 1.30 bits per heavy atom. The number of hydrogen-bond donors (Lipinski definition) is 1. The average molecular weight is 391 g/mol. The molecule has 0 radical (unpaired) electrons. The van der Waals surface area contributed by atoms with Crippen molar-refractivity contribution < 1.29 is 14.4 Å². The largest absolute Gasteiger partial charge is 0.478 e. The molecule has 0 unspecified atom stereocenters. The Hall–Kier alpha value is -2.68. The topological polar surface area (TPSA) is 107 Å². The van der Waals surface area contributed by atoms with Crippen LogP contribution in [0.25, 0.3) is 10.2 Å². The predicted molar refractivity (Wildman–Crippen MR) is 102 cm³/mol. The molecular weight excluding hydrogens is 370 g/mol. The van der Waals surface area contributed by atoms with Crippen LogP contribution in [0.1, 0.15) is 46.1 Å². The molecule has 0 saturated heterocycles. The maximum atomic E-state index is 12.7. The monoisotopic (exact) mass is 391 g/mol. The van der Waals surface area contributed by atoms with E-state index in [0.717, 1.165) is 10.1 Å². The molecule has 3 rings (SSSR count). The van der Waals surface area contributed by atoms with Gasteiger partial charge in [-0.2, -0.15) is 0 Å². The third-order valence-electron chi connectivity index (χ3n) is 4.52. The Morgan fingerprint density at radius 3 is 2.48 bits per heavy atom. The number of nitrogens with zero attached hydrogens (tertiary/aromatic N) is 3. The molecule has 3 aromatic rings. The van der Waals surface area contributed by atoms with E-state index in [2.05, 4.69) is 5.16 Å². The van der Waals surface area contributed by atoms with Crippen LogP contribution in [0.4, 0.5) is 0 Å². The molecule has 8 nitrogen and oxygen atoms in total. The van der Waals surface area contributed by atoms with Crippen LogP contribution in [0.3, 0.4) is 0 Å². The van der Waals surface area contributed by atoms with Crippen molar-refractivity contribution in [1.29, 1.82) is 0 Å². The first-order valence-corrected chi connectivity index (χ1v) is 9.35. The van der Waals surface area contributed by atoms with Crippen molar-refractivity contribution in [2.45, 2.75) is 40.7 Å². The van der Waals surface area contributed by atoms with Gasteiger partial charge in [0, 0.05) is 30.5 Å². The van der Waals surface area contributed by atoms with E-state index in [1.165, 1.54) is 23.0 Å². The molecule has 3 aromatic heterocycles. The molecule has 0 atom stereocenters. The van der Waals surface area contributed by atoms with Gasteiger partial charge in [-0.1, -0.05) is 19.0 Å². The van der Waals surface area contributed by atoms with E-state index in [-0.39, 0.29) is 23.3 Å². The molecule has 0 aliphatic carbocycles. The number of rotatable bonds is 5. The lowest BCUT2D eigenvalue weighted by molar-refractivity contribution is 0.0698. The minimum Gasteiger partial charge on any atom is -0.478 e. The summed E-state index contributed by atoms with van der Waals surface area (Å²) in [5, 5.41) is 13.8. The van der Waals surface area contributed by atoms with Crippen LogP contribution < -0.4 is 11.2 Å². The first kappa shape index (κ1) is 19.1. The first-order chi connectivity index (χ1) is 12.6. The lowest BCUT2D eigenvalue weighted by Gasteiger charge is -2.11. The van der Waals surface area contributed by atoms with Gasteiger partial charge in [0.1, 0.15) is 10.6 Å². The molecule has 0 fully saturated rings. The fraction of sp³-hybridized carbons (Fsp3) is 0.444. The van der Waals surface area contributed by atoms with Gasteiger partial charge in [0.05, 0.1) is 16.6 Å². The van der Waals surface area contributed by atoms with Crippen LogP contribution in [0.2, 0.25) is 0 Å². The van der Waals surface area contributed by atoms with Gasteiger partial charge in [-0.25, -0.2) is 9.59 Å². The lowest BCUT2D eigenvalue weighted by atomic mass is 10.1. The normalized spacial score (nSPS) is 11.6. The van der Waals surface area contributed by atoms with Crippen LogP contribution >= 0.6 is 11.3 Å². The zero-order chi connectivity index (χ0) is 20.0. The number of carbonyl (C=O) groups is 1. The summed E-state index contributed by atoms with van der Waals surface area (Å²) in [5.41, 5.74) is 0.387. The van der Waals surface area contributed by atoms with Crippen molar-refractivity contribution in [2.24, 2.45) is 13.0 Å². The summed E-state index contributed by atoms with van der Waals surface area (Å²) in [4.78, 5) is 38.3. The zero-order valence-corrected chi connectivity index (χ0v) is 16.6. The third kappa shape index (κ3) is 3.12. The third-order valence-corrected chi connectivity index (χ3v) is 5.74. The first-order valence-electron chi connectivity index (χ1n) is 8.53. The minimum atomic E-state index is -1.19. The fourth-order valence-corrected chi connectivity index (χ4v) is 4.46. The Balaban J connectivity index is 2.37. The molecule has 0 saturated carbocycles. The van der Waals surface area contributed by atoms with Crippen molar-refractivity contribution in [3.63, 3.8) is 0 Å². The van der Waals surface area contributed by atoms with Crippen LogP contribution in [0, 0.1) is 19.8 Å². The zero-order valence-electron chi connectivity index (χ0n) is 15.8. The summed E-state index contributed by atoms with van der Waals surface area (Å²) in [5.74, 6) is -0.423. The number of carboxylic acids is 1. The van der Waals surface area contributed by atoms with Crippen LogP contribution in [-0.4, -0.2) is 25.4 Å². The van der Waals surface area contributed by atoms with Gasteiger partial charge in [-0.15, -0.1) is 11.3 Å². The van der Waals surface area contributed by atoms with Gasteiger partial charge in [-0.05, 0) is 19.8 Å². The maximum Gasteiger partial charge on any atom is 0.337 e. The summed E-state index contributed by atoms with van der Waals surface area (Å²) in [6.45, 7) is 7.86. The molecule has 0 aromatic carbocycles. The summed E-state index contributed by atoms with van der Waals surface area (Å²) < 4.78 is 7.64. The highest BCUT2D eigenvalue weighted by atomic mass is 32.1. The molecule has 27 heavy (non-hydrogen) atoms. The molecule has 0 spiro atoms. The van der Waals surface area contributed by atoms with Crippen molar-refractivity contribution in [3.8, 4) is 0 Å². The maximum absolute atomic E-state index is 12.7. The van der Waals surface area contributed by atoms with E-state index in [0.29, 0.717) is 27.7 Å². The van der Waals surface area contributed by atoms with Gasteiger partial charge in [0.2, 0.25) is 0 Å². The highest BCUT2D eigenvalue weighted by Crippen LogP contribution is 2.32. The Labute approximate surface area is 158 Å². The van der Waals surface area contributed by atoms with Crippen LogP contribution in [0.15, 0.2) is 14.1 Å². The summed E-state index contributed by atoms with van der Waals surface area (Å²) in [6.07, 6.45) is 0.279. The minimum absolute atomic E-state index is 0.0480. The smallest absolute Gasteiger partial charge is 0.337 e. The van der Waals surface area contributed by atoms with E-state index in [1.54, 1.807) is 13.8 Å². The van der Waals surface area contributed by atoms with Gasteiger partial charge in [-0.3, -0.25) is 13.9 Å². The Bertz CT molecular complexity index is 1140. The van der Waals surface area contributed by atoms with Gasteiger partial charge >= 0.3 is 11.7 Å². The second kappa shape index (κ2) is 6.80. The molecule has 0 aliphatic rings. The Kier molecular flexibility index (Phi) is 4.81. The second-order valence-corrected chi connectivity index (χ2v) is 8.10. The van der Waals surface area contributed by atoms with E-state index in [1.807, 2.05) is 13.8 Å². The number of thiophene rings is 1.